The molecule has 0 aliphatic rings. The summed E-state index contributed by atoms with van der Waals surface area (Å²) in [4.78, 5) is 10.5. The normalized spacial score (nSPS) is 11.5. The van der Waals surface area contributed by atoms with Crippen LogP contribution in [0, 0.1) is 0 Å². The minimum absolute atomic E-state index is 0.0767. The molecule has 0 heterocycles. The highest BCUT2D eigenvalue weighted by atomic mass is 16.5. The monoisotopic (exact) mass is 299 g/mol. The standard InChI is InChI=1S/C18H21NO3/c1-14(19-13-20)10-16-8-9-17(21-2)18(11-16)22-12-15-6-4-3-5-7-15/h3-9,11,13-14H,10,12H2,1-2H3,(H,19,20)/t14-/m1/s1. The van der Waals surface area contributed by atoms with E-state index in [-0.39, 0.29) is 6.04 Å². The molecular weight excluding hydrogens is 278 g/mol. The van der Waals surface area contributed by atoms with Crippen LogP contribution in [0.15, 0.2) is 48.5 Å². The number of carbonyl (C=O) groups excluding carboxylic acids is 1. The Morgan fingerprint density at radius 2 is 1.86 bits per heavy atom. The van der Waals surface area contributed by atoms with Crippen molar-refractivity contribution in [2.75, 3.05) is 7.11 Å². The lowest BCUT2D eigenvalue weighted by Gasteiger charge is -2.14. The smallest absolute Gasteiger partial charge is 0.207 e. The lowest BCUT2D eigenvalue weighted by Crippen LogP contribution is -2.26. The Hall–Kier alpha value is -2.49. The number of amides is 1. The third kappa shape index (κ3) is 4.52. The lowest BCUT2D eigenvalue weighted by atomic mass is 10.1. The van der Waals surface area contributed by atoms with E-state index in [4.69, 9.17) is 9.47 Å². The fourth-order valence-electron chi connectivity index (χ4n) is 2.22. The zero-order valence-corrected chi connectivity index (χ0v) is 12.9. The van der Waals surface area contributed by atoms with Gasteiger partial charge in [0.2, 0.25) is 6.41 Å². The number of methoxy groups -OCH3 is 1. The molecule has 0 unspecified atom stereocenters. The van der Waals surface area contributed by atoms with Crippen LogP contribution in [-0.2, 0) is 17.8 Å². The molecule has 1 atom stereocenters. The zero-order valence-electron chi connectivity index (χ0n) is 12.9. The van der Waals surface area contributed by atoms with Crippen molar-refractivity contribution in [2.24, 2.45) is 0 Å². The Bertz CT molecular complexity index is 599. The van der Waals surface area contributed by atoms with Gasteiger partial charge in [-0.25, -0.2) is 0 Å². The second kappa shape index (κ2) is 8.08. The molecule has 0 radical (unpaired) electrons. The van der Waals surface area contributed by atoms with E-state index in [0.29, 0.717) is 18.1 Å². The van der Waals surface area contributed by atoms with Crippen LogP contribution in [0.5, 0.6) is 11.5 Å². The third-order valence-electron chi connectivity index (χ3n) is 3.36. The maximum atomic E-state index is 10.5. The van der Waals surface area contributed by atoms with E-state index in [1.54, 1.807) is 7.11 Å². The van der Waals surface area contributed by atoms with Crippen molar-refractivity contribution in [3.05, 3.63) is 59.7 Å². The molecule has 1 amide bonds. The minimum atomic E-state index is 0.0767. The topological polar surface area (TPSA) is 47.6 Å². The molecule has 0 spiro atoms. The maximum Gasteiger partial charge on any atom is 0.207 e. The lowest BCUT2D eigenvalue weighted by molar-refractivity contribution is -0.110. The first kappa shape index (κ1) is 15.9. The van der Waals surface area contributed by atoms with Gasteiger partial charge in [0, 0.05) is 6.04 Å². The molecule has 116 valence electrons. The highest BCUT2D eigenvalue weighted by molar-refractivity contribution is 5.47. The first-order valence-corrected chi connectivity index (χ1v) is 7.26. The summed E-state index contributed by atoms with van der Waals surface area (Å²) in [5.41, 5.74) is 2.19. The Kier molecular flexibility index (Phi) is 5.83. The van der Waals surface area contributed by atoms with E-state index in [1.807, 2.05) is 55.5 Å². The van der Waals surface area contributed by atoms with Crippen LogP contribution < -0.4 is 14.8 Å². The van der Waals surface area contributed by atoms with Crippen LogP contribution in [0.1, 0.15) is 18.1 Å². The molecule has 0 aliphatic carbocycles. The third-order valence-corrected chi connectivity index (χ3v) is 3.36. The van der Waals surface area contributed by atoms with Crippen molar-refractivity contribution in [3.8, 4) is 11.5 Å². The Morgan fingerprint density at radius 3 is 2.55 bits per heavy atom. The van der Waals surface area contributed by atoms with Crippen molar-refractivity contribution >= 4 is 6.41 Å². The summed E-state index contributed by atoms with van der Waals surface area (Å²) in [6.07, 6.45) is 1.46. The summed E-state index contributed by atoms with van der Waals surface area (Å²) in [5, 5.41) is 2.75. The fourth-order valence-corrected chi connectivity index (χ4v) is 2.22. The van der Waals surface area contributed by atoms with Gasteiger partial charge in [-0.15, -0.1) is 0 Å². The summed E-state index contributed by atoms with van der Waals surface area (Å²) in [6, 6.07) is 15.9. The number of hydrogen-bond acceptors (Lipinski definition) is 3. The van der Waals surface area contributed by atoms with Gasteiger partial charge in [-0.05, 0) is 36.6 Å². The number of carbonyl (C=O) groups is 1. The van der Waals surface area contributed by atoms with Gasteiger partial charge < -0.3 is 14.8 Å². The average Bonchev–Trinajstić information content (AvgIpc) is 2.54. The summed E-state index contributed by atoms with van der Waals surface area (Å²) < 4.78 is 11.2. The van der Waals surface area contributed by atoms with E-state index in [2.05, 4.69) is 5.32 Å². The molecule has 0 saturated heterocycles. The van der Waals surface area contributed by atoms with Gasteiger partial charge in [0.05, 0.1) is 7.11 Å². The Labute approximate surface area is 131 Å². The van der Waals surface area contributed by atoms with Crippen molar-refractivity contribution in [1.29, 1.82) is 0 Å². The molecule has 0 saturated carbocycles. The van der Waals surface area contributed by atoms with Gasteiger partial charge in [0.15, 0.2) is 11.5 Å². The Balaban J connectivity index is 2.08. The van der Waals surface area contributed by atoms with Crippen LogP contribution in [-0.4, -0.2) is 19.6 Å². The summed E-state index contributed by atoms with van der Waals surface area (Å²) >= 11 is 0. The largest absolute Gasteiger partial charge is 0.493 e. The van der Waals surface area contributed by atoms with Gasteiger partial charge in [-0.3, -0.25) is 4.79 Å². The van der Waals surface area contributed by atoms with Gasteiger partial charge in [0.1, 0.15) is 6.61 Å². The fraction of sp³-hybridized carbons (Fsp3) is 0.278. The first-order valence-electron chi connectivity index (χ1n) is 7.26. The molecule has 4 heteroatoms. The Morgan fingerprint density at radius 1 is 1.09 bits per heavy atom. The van der Waals surface area contributed by atoms with E-state index in [1.165, 1.54) is 0 Å². The van der Waals surface area contributed by atoms with Gasteiger partial charge >= 0.3 is 0 Å². The van der Waals surface area contributed by atoms with E-state index < -0.39 is 0 Å². The zero-order chi connectivity index (χ0) is 15.8. The predicted octanol–water partition coefficient (Wildman–Crippen LogP) is 2.95. The second-order valence-electron chi connectivity index (χ2n) is 5.15. The minimum Gasteiger partial charge on any atom is -0.493 e. The van der Waals surface area contributed by atoms with Crippen LogP contribution in [0.4, 0.5) is 0 Å². The molecule has 22 heavy (non-hydrogen) atoms. The summed E-state index contributed by atoms with van der Waals surface area (Å²) in [6.45, 7) is 2.45. The van der Waals surface area contributed by atoms with Gasteiger partial charge in [-0.2, -0.15) is 0 Å². The molecular formula is C18H21NO3. The number of nitrogens with one attached hydrogen (secondary N) is 1. The SMILES string of the molecule is COc1ccc(C[C@@H](C)NC=O)cc1OCc1ccccc1. The van der Waals surface area contributed by atoms with Crippen LogP contribution >= 0.6 is 0 Å². The van der Waals surface area contributed by atoms with E-state index >= 15 is 0 Å². The molecule has 0 aromatic heterocycles. The first-order chi connectivity index (χ1) is 10.7. The van der Waals surface area contributed by atoms with E-state index in [0.717, 1.165) is 24.0 Å². The molecule has 0 fully saturated rings. The van der Waals surface area contributed by atoms with Crippen molar-refractivity contribution in [2.45, 2.75) is 26.0 Å². The van der Waals surface area contributed by atoms with Crippen LogP contribution in [0.3, 0.4) is 0 Å². The molecule has 1 N–H and O–H groups in total. The van der Waals surface area contributed by atoms with Crippen LogP contribution in [0.2, 0.25) is 0 Å². The molecule has 4 nitrogen and oxygen atoms in total. The predicted molar refractivity (Wildman–Crippen MR) is 86.1 cm³/mol. The van der Waals surface area contributed by atoms with Crippen molar-refractivity contribution in [3.63, 3.8) is 0 Å². The highest BCUT2D eigenvalue weighted by Gasteiger charge is 2.09. The second-order valence-corrected chi connectivity index (χ2v) is 5.15. The van der Waals surface area contributed by atoms with E-state index in [9.17, 15) is 4.79 Å². The maximum absolute atomic E-state index is 10.5. The number of ether oxygens (including phenoxy) is 2. The summed E-state index contributed by atoms with van der Waals surface area (Å²) in [7, 11) is 1.63. The number of rotatable bonds is 8. The van der Waals surface area contributed by atoms with Gasteiger partial charge in [0.25, 0.3) is 0 Å². The van der Waals surface area contributed by atoms with Crippen molar-refractivity contribution in [1.82, 2.24) is 5.32 Å². The highest BCUT2D eigenvalue weighted by Crippen LogP contribution is 2.29. The molecule has 2 aromatic rings. The molecule has 0 bridgehead atoms. The summed E-state index contributed by atoms with van der Waals surface area (Å²) in [5.74, 6) is 1.41. The number of benzene rings is 2. The molecule has 2 aromatic carbocycles. The van der Waals surface area contributed by atoms with Crippen LogP contribution in [0.25, 0.3) is 0 Å². The molecule has 2 rings (SSSR count). The molecule has 0 aliphatic heterocycles. The average molecular weight is 299 g/mol. The number of hydrogen-bond donors (Lipinski definition) is 1. The van der Waals surface area contributed by atoms with Gasteiger partial charge in [-0.1, -0.05) is 36.4 Å². The van der Waals surface area contributed by atoms with Crippen molar-refractivity contribution < 1.29 is 14.3 Å². The quantitative estimate of drug-likeness (QED) is 0.762.